The maximum Gasteiger partial charge on any atom is 0.271 e. The number of carbonyl (C=O) groups excluding carboxylic acids is 1. The fraction of sp³-hybridized carbons (Fsp3) is 0.231. The molecule has 0 unspecified atom stereocenters. The van der Waals surface area contributed by atoms with Gasteiger partial charge in [-0.15, -0.1) is 0 Å². The van der Waals surface area contributed by atoms with Crippen LogP contribution in [0, 0.1) is 6.92 Å². The maximum absolute atomic E-state index is 11.9. The molecule has 2 heterocycles. The molecule has 19 heavy (non-hydrogen) atoms. The van der Waals surface area contributed by atoms with Crippen molar-refractivity contribution in [2.45, 2.75) is 13.5 Å². The number of aromatic nitrogens is 3. The predicted octanol–water partition coefficient (Wildman–Crippen LogP) is 1.15. The first kappa shape index (κ1) is 12.9. The van der Waals surface area contributed by atoms with Gasteiger partial charge in [0.1, 0.15) is 11.5 Å². The lowest BCUT2D eigenvalue weighted by atomic mass is 10.2. The van der Waals surface area contributed by atoms with Crippen LogP contribution in [0.3, 0.4) is 0 Å². The van der Waals surface area contributed by atoms with Gasteiger partial charge in [-0.05, 0) is 18.6 Å². The lowest BCUT2D eigenvalue weighted by Crippen LogP contribution is -2.24. The lowest BCUT2D eigenvalue weighted by molar-refractivity contribution is 0.0945. The molecule has 0 saturated carbocycles. The van der Waals surface area contributed by atoms with E-state index < -0.39 is 0 Å². The van der Waals surface area contributed by atoms with Crippen molar-refractivity contribution in [1.82, 2.24) is 20.3 Å². The molecule has 0 aliphatic rings. The fourth-order valence-corrected chi connectivity index (χ4v) is 1.53. The molecule has 0 aliphatic carbocycles. The lowest BCUT2D eigenvalue weighted by Gasteiger charge is -2.06. The second-order valence-electron chi connectivity index (χ2n) is 3.99. The molecule has 0 aliphatic heterocycles. The number of pyridine rings is 1. The van der Waals surface area contributed by atoms with E-state index in [9.17, 15) is 4.79 Å². The van der Waals surface area contributed by atoms with Crippen LogP contribution in [0.1, 0.15) is 21.7 Å². The van der Waals surface area contributed by atoms with Crippen LogP contribution >= 0.6 is 0 Å². The molecule has 1 amide bonds. The molecule has 2 aromatic heterocycles. The molecule has 2 N–H and O–H groups in total. The molecular weight excluding hydrogens is 242 g/mol. The van der Waals surface area contributed by atoms with Gasteiger partial charge in [-0.1, -0.05) is 6.07 Å². The van der Waals surface area contributed by atoms with E-state index in [0.29, 0.717) is 12.4 Å². The van der Waals surface area contributed by atoms with Crippen molar-refractivity contribution in [2.75, 3.05) is 12.4 Å². The highest BCUT2D eigenvalue weighted by Gasteiger charge is 2.08. The van der Waals surface area contributed by atoms with Crippen molar-refractivity contribution in [1.29, 1.82) is 0 Å². The highest BCUT2D eigenvalue weighted by atomic mass is 16.1. The number of hydrogen-bond donors (Lipinski definition) is 2. The van der Waals surface area contributed by atoms with Crippen molar-refractivity contribution in [2.24, 2.45) is 0 Å². The zero-order chi connectivity index (χ0) is 13.7. The average molecular weight is 257 g/mol. The van der Waals surface area contributed by atoms with E-state index in [-0.39, 0.29) is 11.6 Å². The summed E-state index contributed by atoms with van der Waals surface area (Å²) in [6.07, 6.45) is 4.66. The third-order valence-electron chi connectivity index (χ3n) is 2.67. The molecule has 0 aromatic carbocycles. The molecule has 0 fully saturated rings. The Balaban J connectivity index is 1.99. The van der Waals surface area contributed by atoms with Crippen LogP contribution in [0.2, 0.25) is 0 Å². The zero-order valence-corrected chi connectivity index (χ0v) is 10.8. The number of amides is 1. The molecule has 6 nitrogen and oxygen atoms in total. The van der Waals surface area contributed by atoms with Crippen LogP contribution in [0.4, 0.5) is 5.82 Å². The highest BCUT2D eigenvalue weighted by molar-refractivity contribution is 5.91. The number of hydrogen-bond acceptors (Lipinski definition) is 5. The summed E-state index contributed by atoms with van der Waals surface area (Å²) >= 11 is 0. The van der Waals surface area contributed by atoms with E-state index in [1.165, 1.54) is 12.4 Å². The van der Waals surface area contributed by atoms with E-state index >= 15 is 0 Å². The monoisotopic (exact) mass is 257 g/mol. The number of nitrogens with one attached hydrogen (secondary N) is 2. The molecule has 98 valence electrons. The Morgan fingerprint density at radius 3 is 2.74 bits per heavy atom. The van der Waals surface area contributed by atoms with Gasteiger partial charge in [-0.2, -0.15) is 0 Å². The second-order valence-corrected chi connectivity index (χ2v) is 3.99. The number of aryl methyl sites for hydroxylation is 1. The summed E-state index contributed by atoms with van der Waals surface area (Å²) in [6, 6.07) is 3.82. The maximum atomic E-state index is 11.9. The van der Waals surface area contributed by atoms with Crippen molar-refractivity contribution >= 4 is 11.7 Å². The van der Waals surface area contributed by atoms with Gasteiger partial charge < -0.3 is 10.6 Å². The first-order valence-corrected chi connectivity index (χ1v) is 5.89. The standard InChI is InChI=1S/C13H15N5O/c1-9-4-3-5-15-10(9)6-18-13(19)11-7-17-12(14-2)8-16-11/h3-5,7-8H,6H2,1-2H3,(H,14,17)(H,18,19). The molecular formula is C13H15N5O. The zero-order valence-electron chi connectivity index (χ0n) is 10.8. The first-order valence-electron chi connectivity index (χ1n) is 5.89. The van der Waals surface area contributed by atoms with Gasteiger partial charge >= 0.3 is 0 Å². The highest BCUT2D eigenvalue weighted by Crippen LogP contribution is 2.03. The quantitative estimate of drug-likeness (QED) is 0.859. The van der Waals surface area contributed by atoms with Crippen molar-refractivity contribution in [3.05, 3.63) is 47.7 Å². The third kappa shape index (κ3) is 3.25. The molecule has 0 saturated heterocycles. The Labute approximate surface area is 111 Å². The summed E-state index contributed by atoms with van der Waals surface area (Å²) in [5.74, 6) is 0.359. The Morgan fingerprint density at radius 2 is 2.11 bits per heavy atom. The third-order valence-corrected chi connectivity index (χ3v) is 2.67. The summed E-state index contributed by atoms with van der Waals surface area (Å²) in [6.45, 7) is 2.33. The van der Waals surface area contributed by atoms with Crippen LogP contribution in [0.15, 0.2) is 30.7 Å². The molecule has 2 aromatic rings. The first-order chi connectivity index (χ1) is 9.20. The van der Waals surface area contributed by atoms with Crippen molar-refractivity contribution in [3.63, 3.8) is 0 Å². The van der Waals surface area contributed by atoms with Crippen molar-refractivity contribution in [3.8, 4) is 0 Å². The SMILES string of the molecule is CNc1cnc(C(=O)NCc2ncccc2C)cn1. The largest absolute Gasteiger partial charge is 0.372 e. The molecule has 0 atom stereocenters. The number of anilines is 1. The Hall–Kier alpha value is -2.50. The van der Waals surface area contributed by atoms with Gasteiger partial charge in [-0.25, -0.2) is 9.97 Å². The van der Waals surface area contributed by atoms with E-state index in [1.807, 2.05) is 19.1 Å². The number of rotatable bonds is 4. The van der Waals surface area contributed by atoms with Crippen LogP contribution in [-0.4, -0.2) is 27.9 Å². The summed E-state index contributed by atoms with van der Waals surface area (Å²) in [4.78, 5) is 24.1. The summed E-state index contributed by atoms with van der Waals surface area (Å²) in [5.41, 5.74) is 2.17. The molecule has 0 bridgehead atoms. The van der Waals surface area contributed by atoms with Crippen LogP contribution in [0.5, 0.6) is 0 Å². The van der Waals surface area contributed by atoms with Gasteiger partial charge in [0.25, 0.3) is 5.91 Å². The summed E-state index contributed by atoms with van der Waals surface area (Å²) in [5, 5.41) is 5.61. The van der Waals surface area contributed by atoms with Crippen LogP contribution in [0.25, 0.3) is 0 Å². The number of nitrogens with zero attached hydrogens (tertiary/aromatic N) is 3. The summed E-state index contributed by atoms with van der Waals surface area (Å²) < 4.78 is 0. The van der Waals surface area contributed by atoms with Gasteiger partial charge in [0, 0.05) is 13.2 Å². The van der Waals surface area contributed by atoms with Crippen molar-refractivity contribution < 1.29 is 4.79 Å². The Morgan fingerprint density at radius 1 is 1.26 bits per heavy atom. The van der Waals surface area contributed by atoms with Crippen LogP contribution in [-0.2, 0) is 6.54 Å². The average Bonchev–Trinajstić information content (AvgIpc) is 2.46. The van der Waals surface area contributed by atoms with Gasteiger partial charge in [0.15, 0.2) is 0 Å². The fourth-order valence-electron chi connectivity index (χ4n) is 1.53. The van der Waals surface area contributed by atoms with Gasteiger partial charge in [-0.3, -0.25) is 9.78 Å². The van der Waals surface area contributed by atoms with E-state index in [0.717, 1.165) is 11.3 Å². The molecule has 0 radical (unpaired) electrons. The minimum atomic E-state index is -0.264. The number of carbonyl (C=O) groups is 1. The topological polar surface area (TPSA) is 79.8 Å². The molecule has 6 heteroatoms. The normalized spacial score (nSPS) is 10.0. The Kier molecular flexibility index (Phi) is 4.02. The van der Waals surface area contributed by atoms with Gasteiger partial charge in [0.2, 0.25) is 0 Å². The van der Waals surface area contributed by atoms with Gasteiger partial charge in [0.05, 0.1) is 24.6 Å². The molecule has 0 spiro atoms. The second kappa shape index (κ2) is 5.90. The predicted molar refractivity (Wildman–Crippen MR) is 71.7 cm³/mol. The molecule has 2 rings (SSSR count). The Bertz CT molecular complexity index is 568. The smallest absolute Gasteiger partial charge is 0.271 e. The van der Waals surface area contributed by atoms with E-state index in [2.05, 4.69) is 25.6 Å². The summed E-state index contributed by atoms with van der Waals surface area (Å²) in [7, 11) is 1.74. The van der Waals surface area contributed by atoms with E-state index in [1.54, 1.807) is 13.2 Å². The van der Waals surface area contributed by atoms with E-state index in [4.69, 9.17) is 0 Å². The minimum absolute atomic E-state index is 0.264. The minimum Gasteiger partial charge on any atom is -0.372 e. The van der Waals surface area contributed by atoms with Crippen LogP contribution < -0.4 is 10.6 Å².